The van der Waals surface area contributed by atoms with Crippen molar-refractivity contribution in [3.05, 3.63) is 38.3 Å². The van der Waals surface area contributed by atoms with Gasteiger partial charge in [0, 0.05) is 30.9 Å². The molecule has 1 aromatic carbocycles. The van der Waals surface area contributed by atoms with E-state index >= 15 is 0 Å². The fourth-order valence-electron chi connectivity index (χ4n) is 2.67. The van der Waals surface area contributed by atoms with Crippen molar-refractivity contribution in [2.45, 2.75) is 32.2 Å². The van der Waals surface area contributed by atoms with Crippen LogP contribution in [0, 0.1) is 0 Å². The minimum Gasteiger partial charge on any atom is -0.506 e. The highest BCUT2D eigenvalue weighted by molar-refractivity contribution is 6.44. The Kier molecular flexibility index (Phi) is 3.56. The zero-order valence-corrected chi connectivity index (χ0v) is 13.0. The molecule has 1 atom stereocenters. The highest BCUT2D eigenvalue weighted by atomic mass is 35.5. The zero-order chi connectivity index (χ0) is 14.4. The molecule has 7 heteroatoms. The summed E-state index contributed by atoms with van der Waals surface area (Å²) < 4.78 is 2.06. The second kappa shape index (κ2) is 5.10. The van der Waals surface area contributed by atoms with Crippen LogP contribution in [-0.4, -0.2) is 19.9 Å². The summed E-state index contributed by atoms with van der Waals surface area (Å²) in [6.07, 6.45) is 1.48. The van der Waals surface area contributed by atoms with Crippen LogP contribution in [0.1, 0.15) is 30.1 Å². The van der Waals surface area contributed by atoms with Gasteiger partial charge in [0.2, 0.25) is 0 Å². The molecule has 106 valence electrons. The molecule has 2 aromatic rings. The monoisotopic (exact) mass is 331 g/mol. The number of hydrogen-bond acceptors (Lipinski definition) is 3. The summed E-state index contributed by atoms with van der Waals surface area (Å²) in [5, 5.41) is 19.4. The lowest BCUT2D eigenvalue weighted by atomic mass is 9.96. The number of nitrogens with zero attached hydrogens (tertiary/aromatic N) is 3. The molecular weight excluding hydrogens is 321 g/mol. The smallest absolute Gasteiger partial charge is 0.139 e. The molecule has 4 nitrogen and oxygen atoms in total. The van der Waals surface area contributed by atoms with E-state index in [9.17, 15) is 5.11 Å². The number of aryl methyl sites for hydroxylation is 1. The van der Waals surface area contributed by atoms with E-state index in [0.29, 0.717) is 28.6 Å². The number of aromatic hydroxyl groups is 1. The highest BCUT2D eigenvalue weighted by Gasteiger charge is 2.31. The van der Waals surface area contributed by atoms with Gasteiger partial charge in [-0.05, 0) is 6.07 Å². The first-order valence-corrected chi connectivity index (χ1v) is 7.43. The predicted molar refractivity (Wildman–Crippen MR) is 79.0 cm³/mol. The molecule has 0 unspecified atom stereocenters. The van der Waals surface area contributed by atoms with Gasteiger partial charge >= 0.3 is 0 Å². The van der Waals surface area contributed by atoms with Gasteiger partial charge in [-0.25, -0.2) is 0 Å². The summed E-state index contributed by atoms with van der Waals surface area (Å²) in [4.78, 5) is 0. The lowest BCUT2D eigenvalue weighted by Crippen LogP contribution is -2.06. The molecule has 1 N–H and O–H groups in total. The zero-order valence-electron chi connectivity index (χ0n) is 10.7. The number of phenols is 1. The van der Waals surface area contributed by atoms with E-state index in [4.69, 9.17) is 34.8 Å². The Hall–Kier alpha value is -0.970. The molecule has 0 bridgehead atoms. The van der Waals surface area contributed by atoms with Crippen LogP contribution in [0.15, 0.2) is 6.07 Å². The van der Waals surface area contributed by atoms with E-state index in [1.54, 1.807) is 0 Å². The van der Waals surface area contributed by atoms with Crippen molar-refractivity contribution < 1.29 is 5.11 Å². The fraction of sp³-hybridized carbons (Fsp3) is 0.385. The Morgan fingerprint density at radius 2 is 2.05 bits per heavy atom. The molecule has 3 rings (SSSR count). The van der Waals surface area contributed by atoms with E-state index in [1.807, 2.05) is 6.92 Å². The number of aromatic nitrogens is 3. The van der Waals surface area contributed by atoms with Crippen molar-refractivity contribution in [3.8, 4) is 5.75 Å². The summed E-state index contributed by atoms with van der Waals surface area (Å²) in [6, 6.07) is 1.46. The SMILES string of the molecule is CCc1nnc2n1C[C@@H](c1c(O)c(Cl)cc(Cl)c1Cl)C2. The number of hydrogen-bond donors (Lipinski definition) is 1. The molecule has 0 amide bonds. The van der Waals surface area contributed by atoms with Crippen molar-refractivity contribution in [2.24, 2.45) is 0 Å². The van der Waals surface area contributed by atoms with Gasteiger partial charge < -0.3 is 9.67 Å². The molecule has 1 aromatic heterocycles. The number of halogens is 3. The average molecular weight is 333 g/mol. The standard InChI is InChI=1S/C13H12Cl3N3O/c1-2-9-17-18-10-3-6(5-19(9)10)11-12(16)7(14)4-8(15)13(11)20/h4,6,20H,2-3,5H2,1H3/t6-/m0/s1. The molecule has 0 fully saturated rings. The third-order valence-electron chi connectivity index (χ3n) is 3.64. The average Bonchev–Trinajstić information content (AvgIpc) is 2.96. The molecule has 0 spiro atoms. The van der Waals surface area contributed by atoms with Crippen molar-refractivity contribution >= 4 is 34.8 Å². The fourth-order valence-corrected chi connectivity index (χ4v) is 3.45. The Balaban J connectivity index is 2.03. The first kappa shape index (κ1) is 14.0. The summed E-state index contributed by atoms with van der Waals surface area (Å²) >= 11 is 18.3. The molecule has 1 aliphatic heterocycles. The van der Waals surface area contributed by atoms with Gasteiger partial charge in [0.25, 0.3) is 0 Å². The third kappa shape index (κ3) is 2.07. The summed E-state index contributed by atoms with van der Waals surface area (Å²) in [7, 11) is 0. The van der Waals surface area contributed by atoms with E-state index in [0.717, 1.165) is 18.1 Å². The first-order valence-electron chi connectivity index (χ1n) is 6.30. The van der Waals surface area contributed by atoms with Gasteiger partial charge in [-0.3, -0.25) is 0 Å². The summed E-state index contributed by atoms with van der Waals surface area (Å²) in [5.74, 6) is 1.85. The van der Waals surface area contributed by atoms with Crippen molar-refractivity contribution in [1.82, 2.24) is 14.8 Å². The Bertz CT molecular complexity index is 658. The van der Waals surface area contributed by atoms with E-state index in [1.165, 1.54) is 6.07 Å². The molecule has 0 saturated carbocycles. The van der Waals surface area contributed by atoms with E-state index in [2.05, 4.69) is 14.8 Å². The molecule has 0 aliphatic carbocycles. The molecule has 0 saturated heterocycles. The normalized spacial score (nSPS) is 17.5. The summed E-state index contributed by atoms with van der Waals surface area (Å²) in [5.41, 5.74) is 0.594. The lowest BCUT2D eigenvalue weighted by molar-refractivity contribution is 0.458. The molecule has 2 heterocycles. The highest BCUT2D eigenvalue weighted by Crippen LogP contribution is 2.45. The number of rotatable bonds is 2. The number of benzene rings is 1. The van der Waals surface area contributed by atoms with Crippen LogP contribution in [0.5, 0.6) is 5.75 Å². The van der Waals surface area contributed by atoms with Crippen LogP contribution < -0.4 is 0 Å². The quantitative estimate of drug-likeness (QED) is 0.850. The minimum absolute atomic E-state index is 0.00262. The number of phenolic OH excluding ortho intramolecular Hbond substituents is 1. The molecular formula is C13H12Cl3N3O. The van der Waals surface area contributed by atoms with Crippen molar-refractivity contribution in [2.75, 3.05) is 0 Å². The third-order valence-corrected chi connectivity index (χ3v) is 4.73. The topological polar surface area (TPSA) is 50.9 Å². The van der Waals surface area contributed by atoms with Gasteiger partial charge in [0.05, 0.1) is 15.1 Å². The van der Waals surface area contributed by atoms with Gasteiger partial charge in [-0.1, -0.05) is 41.7 Å². The Morgan fingerprint density at radius 3 is 2.75 bits per heavy atom. The maximum atomic E-state index is 10.2. The number of fused-ring (bicyclic) bond motifs is 1. The molecule has 0 radical (unpaired) electrons. The first-order chi connectivity index (χ1) is 9.52. The maximum absolute atomic E-state index is 10.2. The second-order valence-electron chi connectivity index (χ2n) is 4.81. The van der Waals surface area contributed by atoms with Crippen LogP contribution in [0.25, 0.3) is 0 Å². The van der Waals surface area contributed by atoms with Gasteiger partial charge in [-0.2, -0.15) is 0 Å². The van der Waals surface area contributed by atoms with Gasteiger partial charge in [-0.15, -0.1) is 10.2 Å². The van der Waals surface area contributed by atoms with Crippen LogP contribution in [0.3, 0.4) is 0 Å². The minimum atomic E-state index is 0.00262. The largest absolute Gasteiger partial charge is 0.506 e. The van der Waals surface area contributed by atoms with E-state index in [-0.39, 0.29) is 16.7 Å². The van der Waals surface area contributed by atoms with Crippen LogP contribution >= 0.6 is 34.8 Å². The van der Waals surface area contributed by atoms with Crippen molar-refractivity contribution in [1.29, 1.82) is 0 Å². The lowest BCUT2D eigenvalue weighted by Gasteiger charge is -2.16. The van der Waals surface area contributed by atoms with Crippen LogP contribution in [0.4, 0.5) is 0 Å². The molecule has 20 heavy (non-hydrogen) atoms. The maximum Gasteiger partial charge on any atom is 0.139 e. The Labute approximate surface area is 131 Å². The van der Waals surface area contributed by atoms with Crippen LogP contribution in [0.2, 0.25) is 15.1 Å². The van der Waals surface area contributed by atoms with Crippen molar-refractivity contribution in [3.63, 3.8) is 0 Å². The summed E-state index contributed by atoms with van der Waals surface area (Å²) in [6.45, 7) is 2.71. The second-order valence-corrected chi connectivity index (χ2v) is 6.01. The predicted octanol–water partition coefficient (Wildman–Crippen LogP) is 3.85. The molecule has 1 aliphatic rings. The Morgan fingerprint density at radius 1 is 1.30 bits per heavy atom. The van der Waals surface area contributed by atoms with Crippen LogP contribution in [-0.2, 0) is 19.4 Å². The van der Waals surface area contributed by atoms with Gasteiger partial charge in [0.15, 0.2) is 0 Å². The van der Waals surface area contributed by atoms with Gasteiger partial charge in [0.1, 0.15) is 17.4 Å². The van der Waals surface area contributed by atoms with E-state index < -0.39 is 0 Å².